The number of benzene rings is 1. The number of hydrogen-bond acceptors (Lipinski definition) is 7. The van der Waals surface area contributed by atoms with E-state index in [9.17, 15) is 23.1 Å². The number of alkyl halides is 3. The zero-order valence-corrected chi connectivity index (χ0v) is 16.2. The first-order valence-electron chi connectivity index (χ1n) is 9.53. The van der Waals surface area contributed by atoms with Crippen molar-refractivity contribution in [3.05, 3.63) is 63.0 Å². The van der Waals surface area contributed by atoms with Gasteiger partial charge < -0.3 is 15.4 Å². The van der Waals surface area contributed by atoms with Crippen molar-refractivity contribution in [3.8, 4) is 5.88 Å². The predicted octanol–water partition coefficient (Wildman–Crippen LogP) is 1.22. The first-order valence-corrected chi connectivity index (χ1v) is 9.53. The Morgan fingerprint density at radius 1 is 1.25 bits per heavy atom. The number of aromatic amines is 2. The van der Waals surface area contributed by atoms with Gasteiger partial charge in [-0.05, 0) is 37.1 Å². The summed E-state index contributed by atoms with van der Waals surface area (Å²) in [6, 6.07) is 4.76. The third kappa shape index (κ3) is 3.91. The summed E-state index contributed by atoms with van der Waals surface area (Å²) in [5.74, 6) is -0.327. The van der Waals surface area contributed by atoms with Crippen LogP contribution in [0, 0.1) is 0 Å². The minimum Gasteiger partial charge on any atom is -0.493 e. The summed E-state index contributed by atoms with van der Waals surface area (Å²) < 4.78 is 40.5. The van der Waals surface area contributed by atoms with Gasteiger partial charge in [0, 0.05) is 10.9 Å². The number of aromatic hydroxyl groups is 1. The number of imidazole rings is 1. The van der Waals surface area contributed by atoms with Crippen LogP contribution in [-0.2, 0) is 6.18 Å². The number of halogens is 3. The van der Waals surface area contributed by atoms with Gasteiger partial charge in [0.05, 0.1) is 17.8 Å². The highest BCUT2D eigenvalue weighted by molar-refractivity contribution is 5.59. The van der Waals surface area contributed by atoms with Crippen LogP contribution >= 0.6 is 0 Å². The topological polar surface area (TPSA) is 136 Å². The molecule has 0 radical (unpaired) electrons. The molecule has 1 aromatic carbocycles. The molecule has 1 aliphatic rings. The maximum atomic E-state index is 13.0. The molecule has 0 bridgehead atoms. The average molecular weight is 444 g/mol. The van der Waals surface area contributed by atoms with E-state index in [0.29, 0.717) is 5.22 Å². The third-order valence-electron chi connectivity index (χ3n) is 4.70. The van der Waals surface area contributed by atoms with Crippen LogP contribution in [-0.4, -0.2) is 40.7 Å². The number of rotatable bonds is 4. The van der Waals surface area contributed by atoms with Crippen LogP contribution in [0.15, 0.2) is 40.2 Å². The van der Waals surface area contributed by atoms with Gasteiger partial charge in [0.2, 0.25) is 11.8 Å². The van der Waals surface area contributed by atoms with Crippen molar-refractivity contribution in [1.82, 2.24) is 29.5 Å². The molecule has 0 saturated heterocycles. The molecule has 164 valence electrons. The summed E-state index contributed by atoms with van der Waals surface area (Å²) in [6.07, 6.45) is 0.228. The summed E-state index contributed by atoms with van der Waals surface area (Å²) in [6.45, 7) is 0. The van der Waals surface area contributed by atoms with Gasteiger partial charge >= 0.3 is 11.9 Å². The van der Waals surface area contributed by atoms with Crippen LogP contribution in [0.5, 0.6) is 5.88 Å². The minimum atomic E-state index is -4.49. The lowest BCUT2D eigenvalue weighted by Crippen LogP contribution is -2.24. The fraction of sp³-hybridized carbons (Fsp3) is 0.211. The number of hydrogen-bond donors (Lipinski definition) is 4. The van der Waals surface area contributed by atoms with Crippen LogP contribution in [0.4, 0.5) is 24.8 Å². The van der Waals surface area contributed by atoms with Crippen molar-refractivity contribution < 1.29 is 18.3 Å². The van der Waals surface area contributed by atoms with Crippen molar-refractivity contribution >= 4 is 23.4 Å². The molecule has 0 aliphatic heterocycles. The Morgan fingerprint density at radius 3 is 2.75 bits per heavy atom. The first kappa shape index (κ1) is 19.8. The molecular formula is C19H15F3N8O2. The lowest BCUT2D eigenvalue weighted by atomic mass is 10.2. The normalized spacial score (nSPS) is 15.6. The Hall–Kier alpha value is -4.16. The summed E-state index contributed by atoms with van der Waals surface area (Å²) >= 11 is 0. The van der Waals surface area contributed by atoms with E-state index in [-0.39, 0.29) is 40.5 Å². The Kier molecular flexibility index (Phi) is 4.46. The van der Waals surface area contributed by atoms with E-state index in [4.69, 9.17) is 0 Å². The summed E-state index contributed by atoms with van der Waals surface area (Å²) in [4.78, 5) is 29.2. The van der Waals surface area contributed by atoms with Crippen LogP contribution in [0.2, 0.25) is 0 Å². The van der Waals surface area contributed by atoms with E-state index in [1.165, 1.54) is 28.9 Å². The predicted molar refractivity (Wildman–Crippen MR) is 106 cm³/mol. The molecule has 1 aliphatic carbocycles. The molecule has 3 heterocycles. The molecule has 4 N–H and O–H groups in total. The van der Waals surface area contributed by atoms with Crippen LogP contribution in [0.1, 0.15) is 24.1 Å². The maximum absolute atomic E-state index is 13.0. The van der Waals surface area contributed by atoms with Gasteiger partial charge in [0.1, 0.15) is 5.69 Å². The molecule has 1 fully saturated rings. The SMILES string of the molecule is O=c1[nH]c(O)c(/C=c2\cnn3c(=NC4CC4)nc(Nc4cccc(C(F)(F)F)c4)nc23)[nH]1. The van der Waals surface area contributed by atoms with Gasteiger partial charge in [-0.2, -0.15) is 32.8 Å². The maximum Gasteiger partial charge on any atom is 0.416 e. The molecule has 3 aromatic heterocycles. The Bertz CT molecular complexity index is 1500. The summed E-state index contributed by atoms with van der Waals surface area (Å²) in [5.41, 5.74) is -0.600. The van der Waals surface area contributed by atoms with Crippen molar-refractivity contribution in [2.45, 2.75) is 25.1 Å². The Labute approximate surface area is 176 Å². The number of fused-ring (bicyclic) bond motifs is 1. The number of aromatic nitrogens is 6. The standard InChI is InChI=1S/C19H15F3N8O2/c20-19(21,22)10-2-1-3-12(7-10)24-16-27-14-9(6-13-15(31)28-18(32)26-13)8-23-30(14)17(29-16)25-11-4-5-11/h1-3,6-8,11,31H,4-5H2,(H,24,25,29)(H2,26,28,32)/b9-6+. The molecule has 32 heavy (non-hydrogen) atoms. The first-order chi connectivity index (χ1) is 15.3. The Balaban J connectivity index is 1.64. The number of nitrogens with zero attached hydrogens (tertiary/aromatic N) is 5. The summed E-state index contributed by atoms with van der Waals surface area (Å²) in [5, 5.41) is 17.3. The minimum absolute atomic E-state index is 0.0261. The highest BCUT2D eigenvalue weighted by Gasteiger charge is 2.30. The molecular weight excluding hydrogens is 429 g/mol. The second-order valence-electron chi connectivity index (χ2n) is 7.23. The lowest BCUT2D eigenvalue weighted by Gasteiger charge is -2.09. The molecule has 0 spiro atoms. The second-order valence-corrected chi connectivity index (χ2v) is 7.23. The Morgan fingerprint density at radius 2 is 2.06 bits per heavy atom. The van der Waals surface area contributed by atoms with Gasteiger partial charge in [0.15, 0.2) is 5.65 Å². The van der Waals surface area contributed by atoms with E-state index in [1.54, 1.807) is 0 Å². The van der Waals surface area contributed by atoms with Crippen molar-refractivity contribution in [2.24, 2.45) is 4.99 Å². The molecule has 10 nitrogen and oxygen atoms in total. The quantitative estimate of drug-likeness (QED) is 0.374. The van der Waals surface area contributed by atoms with Crippen molar-refractivity contribution in [3.63, 3.8) is 0 Å². The zero-order chi connectivity index (χ0) is 22.5. The van der Waals surface area contributed by atoms with Gasteiger partial charge in [-0.1, -0.05) is 6.07 Å². The largest absolute Gasteiger partial charge is 0.493 e. The van der Waals surface area contributed by atoms with E-state index in [2.05, 4.69) is 35.3 Å². The second kappa shape index (κ2) is 7.21. The molecule has 5 rings (SSSR count). The van der Waals surface area contributed by atoms with E-state index < -0.39 is 17.4 Å². The molecule has 4 aromatic rings. The fourth-order valence-electron chi connectivity index (χ4n) is 3.04. The molecule has 0 atom stereocenters. The smallest absolute Gasteiger partial charge is 0.416 e. The zero-order valence-electron chi connectivity index (χ0n) is 16.2. The van der Waals surface area contributed by atoms with Gasteiger partial charge in [-0.3, -0.25) is 4.98 Å². The highest BCUT2D eigenvalue weighted by Crippen LogP contribution is 2.31. The number of anilines is 2. The van der Waals surface area contributed by atoms with E-state index in [0.717, 1.165) is 25.0 Å². The van der Waals surface area contributed by atoms with Gasteiger partial charge in [-0.25, -0.2) is 9.79 Å². The van der Waals surface area contributed by atoms with Crippen LogP contribution in [0.25, 0.3) is 11.7 Å². The van der Waals surface area contributed by atoms with Crippen LogP contribution in [0.3, 0.4) is 0 Å². The molecule has 0 unspecified atom stereocenters. The van der Waals surface area contributed by atoms with Crippen molar-refractivity contribution in [1.29, 1.82) is 0 Å². The molecule has 1 saturated carbocycles. The summed E-state index contributed by atoms with van der Waals surface area (Å²) in [7, 11) is 0. The third-order valence-corrected chi connectivity index (χ3v) is 4.70. The van der Waals surface area contributed by atoms with Crippen LogP contribution < -0.4 is 21.8 Å². The molecule has 13 heteroatoms. The average Bonchev–Trinajstić information content (AvgIpc) is 3.36. The van der Waals surface area contributed by atoms with Crippen molar-refractivity contribution in [2.75, 3.05) is 5.32 Å². The van der Waals surface area contributed by atoms with E-state index in [1.807, 2.05) is 0 Å². The van der Waals surface area contributed by atoms with E-state index >= 15 is 0 Å². The number of nitrogens with one attached hydrogen (secondary N) is 3. The monoisotopic (exact) mass is 444 g/mol. The molecule has 0 amide bonds. The number of H-pyrrole nitrogens is 2. The lowest BCUT2D eigenvalue weighted by molar-refractivity contribution is -0.137. The highest BCUT2D eigenvalue weighted by atomic mass is 19.4. The van der Waals surface area contributed by atoms with Gasteiger partial charge in [-0.15, -0.1) is 0 Å². The fourth-order valence-corrected chi connectivity index (χ4v) is 3.04. The van der Waals surface area contributed by atoms with Gasteiger partial charge in [0.25, 0.3) is 5.62 Å².